The van der Waals surface area contributed by atoms with E-state index in [2.05, 4.69) is 5.32 Å². The van der Waals surface area contributed by atoms with Gasteiger partial charge in [-0.3, -0.25) is 4.79 Å². The largest absolute Gasteiger partial charge is 0.452 e. The van der Waals surface area contributed by atoms with Crippen LogP contribution in [0.2, 0.25) is 0 Å². The topological polar surface area (TPSA) is 92.8 Å². The number of sulfonamides is 1. The smallest absolute Gasteiger partial charge is 0.338 e. The highest BCUT2D eigenvalue weighted by molar-refractivity contribution is 7.89. The molecular weight excluding hydrogens is 440 g/mol. The Labute approximate surface area is 193 Å². The van der Waals surface area contributed by atoms with E-state index in [1.807, 2.05) is 36.4 Å². The third-order valence-electron chi connectivity index (χ3n) is 5.64. The van der Waals surface area contributed by atoms with Crippen LogP contribution in [0.1, 0.15) is 36.0 Å². The van der Waals surface area contributed by atoms with E-state index in [9.17, 15) is 18.0 Å². The predicted molar refractivity (Wildman–Crippen MR) is 127 cm³/mol. The van der Waals surface area contributed by atoms with Gasteiger partial charge in [0.25, 0.3) is 5.91 Å². The van der Waals surface area contributed by atoms with Crippen LogP contribution >= 0.6 is 0 Å². The van der Waals surface area contributed by atoms with E-state index in [-0.39, 0.29) is 10.5 Å². The number of nitrogens with zero attached hydrogens (tertiary/aromatic N) is 1. The SMILES string of the molecule is O=C(COC(=O)c1cccc(S(=O)(=O)N2CCCCCC2)c1)Nc1ccc2ccccc2c1. The number of nitrogens with one attached hydrogen (secondary N) is 1. The number of fused-ring (bicyclic) bond motifs is 1. The number of amides is 1. The summed E-state index contributed by atoms with van der Waals surface area (Å²) in [6.07, 6.45) is 3.68. The molecule has 1 amide bonds. The van der Waals surface area contributed by atoms with E-state index in [1.165, 1.54) is 28.6 Å². The van der Waals surface area contributed by atoms with Crippen molar-refractivity contribution in [3.05, 3.63) is 72.3 Å². The summed E-state index contributed by atoms with van der Waals surface area (Å²) >= 11 is 0. The first-order chi connectivity index (χ1) is 15.9. The van der Waals surface area contributed by atoms with Gasteiger partial charge in [-0.2, -0.15) is 4.31 Å². The fraction of sp³-hybridized carbons (Fsp3) is 0.280. The maximum Gasteiger partial charge on any atom is 0.338 e. The van der Waals surface area contributed by atoms with Gasteiger partial charge in [-0.1, -0.05) is 49.2 Å². The molecule has 0 bridgehead atoms. The summed E-state index contributed by atoms with van der Waals surface area (Å²) < 4.78 is 32.6. The Kier molecular flexibility index (Phi) is 7.05. The van der Waals surface area contributed by atoms with Crippen LogP contribution in [0.15, 0.2) is 71.6 Å². The molecule has 33 heavy (non-hydrogen) atoms. The summed E-state index contributed by atoms with van der Waals surface area (Å²) in [5, 5.41) is 4.74. The van der Waals surface area contributed by atoms with Gasteiger partial charge in [0.05, 0.1) is 10.5 Å². The van der Waals surface area contributed by atoms with Crippen LogP contribution in [0.5, 0.6) is 0 Å². The fourth-order valence-electron chi connectivity index (χ4n) is 3.89. The minimum Gasteiger partial charge on any atom is -0.452 e. The van der Waals surface area contributed by atoms with Gasteiger partial charge in [-0.15, -0.1) is 0 Å². The van der Waals surface area contributed by atoms with E-state index < -0.39 is 28.5 Å². The number of anilines is 1. The highest BCUT2D eigenvalue weighted by Gasteiger charge is 2.26. The minimum absolute atomic E-state index is 0.0551. The van der Waals surface area contributed by atoms with Gasteiger partial charge in [0.1, 0.15) is 0 Å². The van der Waals surface area contributed by atoms with Gasteiger partial charge >= 0.3 is 5.97 Å². The Balaban J connectivity index is 1.38. The molecule has 0 unspecified atom stereocenters. The van der Waals surface area contributed by atoms with Gasteiger partial charge in [-0.05, 0) is 53.9 Å². The molecule has 8 heteroatoms. The molecule has 0 radical (unpaired) electrons. The molecule has 1 heterocycles. The molecule has 1 saturated heterocycles. The monoisotopic (exact) mass is 466 g/mol. The van der Waals surface area contributed by atoms with Crippen LogP contribution in [-0.4, -0.2) is 44.3 Å². The van der Waals surface area contributed by atoms with Gasteiger partial charge < -0.3 is 10.1 Å². The number of esters is 1. The molecule has 3 aromatic rings. The maximum atomic E-state index is 13.0. The van der Waals surface area contributed by atoms with Gasteiger partial charge in [0.15, 0.2) is 6.61 Å². The number of hydrogen-bond donors (Lipinski definition) is 1. The Morgan fingerprint density at radius 2 is 1.58 bits per heavy atom. The quantitative estimate of drug-likeness (QED) is 0.550. The van der Waals surface area contributed by atoms with Crippen molar-refractivity contribution in [1.82, 2.24) is 4.31 Å². The zero-order valence-corrected chi connectivity index (χ0v) is 19.0. The van der Waals surface area contributed by atoms with Crippen molar-refractivity contribution in [2.24, 2.45) is 0 Å². The van der Waals surface area contributed by atoms with E-state index in [4.69, 9.17) is 4.74 Å². The number of carbonyl (C=O) groups is 2. The molecule has 0 atom stereocenters. The summed E-state index contributed by atoms with van der Waals surface area (Å²) in [5.74, 6) is -1.23. The van der Waals surface area contributed by atoms with Crippen LogP contribution in [-0.2, 0) is 19.6 Å². The second-order valence-corrected chi connectivity index (χ2v) is 9.97. The van der Waals surface area contributed by atoms with Gasteiger partial charge in [-0.25, -0.2) is 13.2 Å². The number of hydrogen-bond acceptors (Lipinski definition) is 5. The first-order valence-electron chi connectivity index (χ1n) is 11.0. The lowest BCUT2D eigenvalue weighted by molar-refractivity contribution is -0.119. The van der Waals surface area contributed by atoms with Crippen molar-refractivity contribution in [2.75, 3.05) is 25.0 Å². The van der Waals surface area contributed by atoms with Crippen molar-refractivity contribution in [2.45, 2.75) is 30.6 Å². The lowest BCUT2D eigenvalue weighted by Crippen LogP contribution is -2.32. The third kappa shape index (κ3) is 5.58. The Morgan fingerprint density at radius 3 is 2.33 bits per heavy atom. The summed E-state index contributed by atoms with van der Waals surface area (Å²) in [7, 11) is -3.69. The second kappa shape index (κ2) is 10.1. The molecule has 172 valence electrons. The van der Waals surface area contributed by atoms with Crippen molar-refractivity contribution < 1.29 is 22.7 Å². The molecule has 1 fully saturated rings. The average molecular weight is 467 g/mol. The molecule has 1 N–H and O–H groups in total. The molecular formula is C25H26N2O5S. The molecule has 4 rings (SSSR count). The third-order valence-corrected chi connectivity index (χ3v) is 7.53. The molecule has 0 spiro atoms. The van der Waals surface area contributed by atoms with Crippen LogP contribution in [0.3, 0.4) is 0 Å². The maximum absolute atomic E-state index is 13.0. The zero-order chi connectivity index (χ0) is 23.3. The number of rotatable bonds is 6. The van der Waals surface area contributed by atoms with Crippen LogP contribution in [0.25, 0.3) is 10.8 Å². The molecule has 0 aliphatic carbocycles. The molecule has 1 aliphatic rings. The lowest BCUT2D eigenvalue weighted by Gasteiger charge is -2.20. The lowest BCUT2D eigenvalue weighted by atomic mass is 10.1. The number of carbonyl (C=O) groups excluding carboxylic acids is 2. The van der Waals surface area contributed by atoms with Crippen LogP contribution in [0, 0.1) is 0 Å². The summed E-state index contributed by atoms with van der Waals surface area (Å²) in [6, 6.07) is 19.1. The van der Waals surface area contributed by atoms with E-state index in [0.29, 0.717) is 18.8 Å². The van der Waals surface area contributed by atoms with Crippen LogP contribution in [0.4, 0.5) is 5.69 Å². The molecule has 0 saturated carbocycles. The first kappa shape index (κ1) is 22.9. The summed E-state index contributed by atoms with van der Waals surface area (Å²) in [5.41, 5.74) is 0.685. The molecule has 3 aromatic carbocycles. The molecule has 7 nitrogen and oxygen atoms in total. The summed E-state index contributed by atoms with van der Waals surface area (Å²) in [6.45, 7) is 0.479. The van der Waals surface area contributed by atoms with Crippen LogP contribution < -0.4 is 5.32 Å². The highest BCUT2D eigenvalue weighted by atomic mass is 32.2. The normalized spacial score (nSPS) is 15.0. The predicted octanol–water partition coefficient (Wildman–Crippen LogP) is 4.20. The number of ether oxygens (including phenoxy) is 1. The van der Waals surface area contributed by atoms with Crippen molar-refractivity contribution >= 4 is 38.4 Å². The van der Waals surface area contributed by atoms with Crippen molar-refractivity contribution in [3.63, 3.8) is 0 Å². The van der Waals surface area contributed by atoms with Gasteiger partial charge in [0, 0.05) is 18.8 Å². The Morgan fingerprint density at radius 1 is 0.848 bits per heavy atom. The first-order valence-corrected chi connectivity index (χ1v) is 12.4. The van der Waals surface area contributed by atoms with E-state index >= 15 is 0 Å². The van der Waals surface area contributed by atoms with E-state index in [1.54, 1.807) is 6.07 Å². The van der Waals surface area contributed by atoms with Gasteiger partial charge in [0.2, 0.25) is 10.0 Å². The average Bonchev–Trinajstić information content (AvgIpc) is 3.13. The second-order valence-electron chi connectivity index (χ2n) is 8.03. The number of benzene rings is 3. The highest BCUT2D eigenvalue weighted by Crippen LogP contribution is 2.22. The van der Waals surface area contributed by atoms with Crippen molar-refractivity contribution in [3.8, 4) is 0 Å². The standard InChI is InChI=1S/C25H26N2O5S/c28-24(26-22-13-12-19-8-3-4-9-20(19)16-22)18-32-25(29)21-10-7-11-23(17-21)33(30,31)27-14-5-1-2-6-15-27/h3-4,7-13,16-17H,1-2,5-6,14-15,18H2,(H,26,28). The Bertz CT molecular complexity index is 1260. The summed E-state index contributed by atoms with van der Waals surface area (Å²) in [4.78, 5) is 24.8. The van der Waals surface area contributed by atoms with E-state index in [0.717, 1.165) is 36.5 Å². The zero-order valence-electron chi connectivity index (χ0n) is 18.2. The van der Waals surface area contributed by atoms with Crippen molar-refractivity contribution in [1.29, 1.82) is 0 Å². The minimum atomic E-state index is -3.69. The Hall–Kier alpha value is -3.23. The fourth-order valence-corrected chi connectivity index (χ4v) is 5.46. The molecule has 0 aromatic heterocycles. The molecule has 1 aliphatic heterocycles.